The number of likely N-dealkylation sites (N-methyl/N-ethyl adjacent to an activating group) is 1. The van der Waals surface area contributed by atoms with E-state index in [0.29, 0.717) is 27.7 Å². The summed E-state index contributed by atoms with van der Waals surface area (Å²) in [5.41, 5.74) is 2.19. The average Bonchev–Trinajstić information content (AvgIpc) is 3.02. The van der Waals surface area contributed by atoms with Crippen molar-refractivity contribution in [2.75, 3.05) is 17.4 Å². The number of sulfonamides is 1. The second-order valence-corrected chi connectivity index (χ2v) is 13.2. The number of nitrogens with zero attached hydrogens (tertiary/aromatic N) is 2. The van der Waals surface area contributed by atoms with Gasteiger partial charge in [0.25, 0.3) is 10.0 Å². The van der Waals surface area contributed by atoms with Crippen molar-refractivity contribution >= 4 is 62.3 Å². The van der Waals surface area contributed by atoms with E-state index in [2.05, 4.69) is 5.32 Å². The van der Waals surface area contributed by atoms with Gasteiger partial charge in [-0.05, 0) is 66.9 Å². The Morgan fingerprint density at radius 2 is 1.45 bits per heavy atom. The first kappa shape index (κ1) is 33.3. The molecule has 1 N–H and O–H groups in total. The first-order valence-electron chi connectivity index (χ1n) is 13.9. The van der Waals surface area contributed by atoms with Crippen molar-refractivity contribution in [3.05, 3.63) is 129 Å². The Morgan fingerprint density at radius 3 is 2.09 bits per heavy atom. The van der Waals surface area contributed by atoms with Crippen LogP contribution in [-0.2, 0) is 32.6 Å². The normalized spacial score (nSPS) is 11.9. The summed E-state index contributed by atoms with van der Waals surface area (Å²) in [7, 11) is -4.23. The van der Waals surface area contributed by atoms with Crippen molar-refractivity contribution in [3.63, 3.8) is 0 Å². The molecule has 0 aliphatic rings. The molecular weight excluding hydrogens is 641 g/mol. The minimum Gasteiger partial charge on any atom is -0.355 e. The van der Waals surface area contributed by atoms with Gasteiger partial charge in [0.1, 0.15) is 12.6 Å². The summed E-state index contributed by atoms with van der Waals surface area (Å²) in [6, 6.07) is 26.0. The van der Waals surface area contributed by atoms with E-state index in [0.717, 1.165) is 9.87 Å². The van der Waals surface area contributed by atoms with Crippen LogP contribution >= 0.6 is 34.8 Å². The minimum atomic E-state index is -4.23. The van der Waals surface area contributed by atoms with Crippen molar-refractivity contribution < 1.29 is 18.0 Å². The first-order valence-corrected chi connectivity index (χ1v) is 16.5. The molecule has 0 saturated carbocycles. The first-order chi connectivity index (χ1) is 21.0. The number of hydrogen-bond donors (Lipinski definition) is 1. The van der Waals surface area contributed by atoms with Gasteiger partial charge in [0.15, 0.2) is 0 Å². The van der Waals surface area contributed by atoms with E-state index in [-0.39, 0.29) is 34.5 Å². The molecule has 11 heteroatoms. The van der Waals surface area contributed by atoms with Crippen molar-refractivity contribution in [1.29, 1.82) is 0 Å². The van der Waals surface area contributed by atoms with Gasteiger partial charge < -0.3 is 10.2 Å². The maximum absolute atomic E-state index is 14.4. The molecule has 230 valence electrons. The lowest BCUT2D eigenvalue weighted by Gasteiger charge is -2.34. The number of amides is 2. The number of carbonyl (C=O) groups excluding carboxylic acids is 2. The summed E-state index contributed by atoms with van der Waals surface area (Å²) in [6.45, 7) is 3.20. The van der Waals surface area contributed by atoms with Crippen LogP contribution in [0.15, 0.2) is 102 Å². The smallest absolute Gasteiger partial charge is 0.264 e. The Kier molecular flexibility index (Phi) is 11.3. The summed E-state index contributed by atoms with van der Waals surface area (Å²) >= 11 is 18.9. The van der Waals surface area contributed by atoms with Crippen LogP contribution in [0.1, 0.15) is 23.6 Å². The molecule has 0 unspecified atom stereocenters. The number of benzene rings is 4. The largest absolute Gasteiger partial charge is 0.355 e. The second-order valence-electron chi connectivity index (χ2n) is 10.1. The van der Waals surface area contributed by atoms with Crippen molar-refractivity contribution in [3.8, 4) is 0 Å². The van der Waals surface area contributed by atoms with Gasteiger partial charge in [0.05, 0.1) is 20.6 Å². The van der Waals surface area contributed by atoms with Crippen LogP contribution in [0.4, 0.5) is 5.69 Å². The van der Waals surface area contributed by atoms with E-state index in [9.17, 15) is 18.0 Å². The van der Waals surface area contributed by atoms with Crippen LogP contribution in [0.3, 0.4) is 0 Å². The zero-order valence-corrected chi connectivity index (χ0v) is 27.3. The summed E-state index contributed by atoms with van der Waals surface area (Å²) in [5, 5.41) is 3.81. The summed E-state index contributed by atoms with van der Waals surface area (Å²) < 4.78 is 29.2. The van der Waals surface area contributed by atoms with Crippen LogP contribution < -0.4 is 9.62 Å². The lowest BCUT2D eigenvalue weighted by molar-refractivity contribution is -0.140. The van der Waals surface area contributed by atoms with E-state index in [4.69, 9.17) is 34.8 Å². The fraction of sp³-hybridized carbons (Fsp3) is 0.212. The Morgan fingerprint density at radius 1 is 0.795 bits per heavy atom. The quantitative estimate of drug-likeness (QED) is 0.177. The molecule has 1 atom stereocenters. The maximum atomic E-state index is 14.4. The molecule has 2 amide bonds. The molecule has 4 rings (SSSR count). The van der Waals surface area contributed by atoms with Crippen molar-refractivity contribution in [2.24, 2.45) is 0 Å². The van der Waals surface area contributed by atoms with E-state index in [1.165, 1.54) is 17.0 Å². The molecule has 7 nitrogen and oxygen atoms in total. The predicted molar refractivity (Wildman–Crippen MR) is 177 cm³/mol. The number of halogens is 3. The molecule has 0 fully saturated rings. The zero-order valence-electron chi connectivity index (χ0n) is 24.2. The Balaban J connectivity index is 1.83. The minimum absolute atomic E-state index is 0.00719. The highest BCUT2D eigenvalue weighted by atomic mass is 35.5. The van der Waals surface area contributed by atoms with E-state index in [1.807, 2.05) is 30.3 Å². The van der Waals surface area contributed by atoms with Crippen LogP contribution in [0.25, 0.3) is 0 Å². The molecule has 0 aliphatic heterocycles. The van der Waals surface area contributed by atoms with Crippen LogP contribution in [0.2, 0.25) is 15.1 Å². The second kappa shape index (κ2) is 14.9. The van der Waals surface area contributed by atoms with Gasteiger partial charge in [-0.2, -0.15) is 0 Å². The zero-order chi connectivity index (χ0) is 31.9. The van der Waals surface area contributed by atoms with Crippen LogP contribution in [0.5, 0.6) is 0 Å². The highest BCUT2D eigenvalue weighted by molar-refractivity contribution is 7.92. The molecule has 0 aliphatic carbocycles. The molecule has 0 spiro atoms. The van der Waals surface area contributed by atoms with Crippen LogP contribution in [-0.4, -0.2) is 44.3 Å². The molecule has 0 bridgehead atoms. The molecule has 4 aromatic rings. The topological polar surface area (TPSA) is 86.8 Å². The Labute approximate surface area is 273 Å². The number of anilines is 1. The van der Waals surface area contributed by atoms with E-state index >= 15 is 0 Å². The number of carbonyl (C=O) groups is 2. The van der Waals surface area contributed by atoms with Crippen LogP contribution in [0, 0.1) is 6.92 Å². The maximum Gasteiger partial charge on any atom is 0.264 e. The summed E-state index contributed by atoms with van der Waals surface area (Å²) in [6.07, 6.45) is 0.196. The van der Waals surface area contributed by atoms with E-state index in [1.54, 1.807) is 68.4 Å². The van der Waals surface area contributed by atoms with Gasteiger partial charge in [0, 0.05) is 24.5 Å². The monoisotopic (exact) mass is 671 g/mol. The number of hydrogen-bond acceptors (Lipinski definition) is 4. The SMILES string of the molecule is CCNC(=O)[C@H](Cc1ccccc1)N(Cc1ccc(Cl)c(Cl)c1)C(=O)CN(c1cccc(Cl)c1C)S(=O)(=O)c1ccccc1. The molecule has 0 radical (unpaired) electrons. The third-order valence-electron chi connectivity index (χ3n) is 7.08. The van der Waals surface area contributed by atoms with Gasteiger partial charge in [-0.1, -0.05) is 95.5 Å². The fourth-order valence-corrected chi connectivity index (χ4v) is 6.76. The van der Waals surface area contributed by atoms with E-state index < -0.39 is 28.5 Å². The Hall–Kier alpha value is -3.56. The lowest BCUT2D eigenvalue weighted by Crippen LogP contribution is -2.53. The number of nitrogens with one attached hydrogen (secondary N) is 1. The van der Waals surface area contributed by atoms with Gasteiger partial charge in [-0.15, -0.1) is 0 Å². The third kappa shape index (κ3) is 7.93. The summed E-state index contributed by atoms with van der Waals surface area (Å²) in [5.74, 6) is -0.969. The van der Waals surface area contributed by atoms with Crippen molar-refractivity contribution in [1.82, 2.24) is 10.2 Å². The van der Waals surface area contributed by atoms with Gasteiger partial charge in [-0.3, -0.25) is 13.9 Å². The highest BCUT2D eigenvalue weighted by Crippen LogP contribution is 2.31. The molecule has 44 heavy (non-hydrogen) atoms. The molecule has 0 heterocycles. The van der Waals surface area contributed by atoms with Crippen molar-refractivity contribution in [2.45, 2.75) is 37.8 Å². The van der Waals surface area contributed by atoms with Gasteiger partial charge in [0.2, 0.25) is 11.8 Å². The highest BCUT2D eigenvalue weighted by Gasteiger charge is 2.35. The van der Waals surface area contributed by atoms with Gasteiger partial charge >= 0.3 is 0 Å². The lowest BCUT2D eigenvalue weighted by atomic mass is 10.0. The standard InChI is InChI=1S/C33H32Cl3N3O4S/c1-3-37-33(41)31(20-24-11-6-4-7-12-24)38(21-25-17-18-28(35)29(36)19-25)32(40)22-39(30-16-10-15-27(34)23(30)2)44(42,43)26-13-8-5-9-14-26/h4-19,31H,3,20-22H2,1-2H3,(H,37,41)/t31-/m0/s1. The predicted octanol–water partition coefficient (Wildman–Crippen LogP) is 6.93. The molecule has 0 saturated heterocycles. The molecule has 0 aromatic heterocycles. The molecule has 4 aromatic carbocycles. The third-order valence-corrected chi connectivity index (χ3v) is 10.00. The number of rotatable bonds is 12. The average molecular weight is 673 g/mol. The summed E-state index contributed by atoms with van der Waals surface area (Å²) in [4.78, 5) is 29.4. The molecular formula is C33H32Cl3N3O4S. The Bertz CT molecular complexity index is 1720. The fourth-order valence-electron chi connectivity index (χ4n) is 4.78. The van der Waals surface area contributed by atoms with Gasteiger partial charge in [-0.25, -0.2) is 8.42 Å².